The number of ether oxygens (including phenoxy) is 2. The van der Waals surface area contributed by atoms with Crippen LogP contribution in [0.15, 0.2) is 53.1 Å². The molecule has 154 valence electrons. The summed E-state index contributed by atoms with van der Waals surface area (Å²) in [7, 11) is 0. The molecule has 0 radical (unpaired) electrons. The van der Waals surface area contributed by atoms with Crippen LogP contribution in [0.3, 0.4) is 0 Å². The molecule has 0 aliphatic carbocycles. The van der Waals surface area contributed by atoms with E-state index >= 15 is 0 Å². The van der Waals surface area contributed by atoms with Gasteiger partial charge in [-0.15, -0.1) is 0 Å². The third-order valence-electron chi connectivity index (χ3n) is 5.50. The molecule has 2 aromatic carbocycles. The maximum Gasteiger partial charge on any atom is 0.267 e. The van der Waals surface area contributed by atoms with Crippen molar-refractivity contribution in [1.29, 1.82) is 0 Å². The molecule has 0 saturated carbocycles. The smallest absolute Gasteiger partial charge is 0.267 e. The number of fused-ring (bicyclic) bond motifs is 2. The highest BCUT2D eigenvalue weighted by Gasteiger charge is 2.33. The SMILES string of the molecule is O=C(Cc1noc2ccccc12)N1CCN(C(=O)[C@@H]2COc3ccccc3O2)CC1. The van der Waals surface area contributed by atoms with E-state index in [0.29, 0.717) is 49.0 Å². The summed E-state index contributed by atoms with van der Waals surface area (Å²) in [5.41, 5.74) is 1.31. The summed E-state index contributed by atoms with van der Waals surface area (Å²) in [4.78, 5) is 29.1. The Balaban J connectivity index is 1.17. The zero-order chi connectivity index (χ0) is 20.5. The van der Waals surface area contributed by atoms with Gasteiger partial charge in [0.1, 0.15) is 12.3 Å². The molecule has 2 aliphatic rings. The van der Waals surface area contributed by atoms with Crippen molar-refractivity contribution in [2.24, 2.45) is 0 Å². The van der Waals surface area contributed by atoms with Gasteiger partial charge in [0.05, 0.1) is 6.42 Å². The van der Waals surface area contributed by atoms with E-state index in [0.717, 1.165) is 5.39 Å². The summed E-state index contributed by atoms with van der Waals surface area (Å²) in [6.45, 7) is 2.07. The van der Waals surface area contributed by atoms with Gasteiger partial charge in [-0.05, 0) is 24.3 Å². The molecule has 0 unspecified atom stereocenters. The van der Waals surface area contributed by atoms with E-state index in [4.69, 9.17) is 14.0 Å². The van der Waals surface area contributed by atoms with Crippen LogP contribution in [0.4, 0.5) is 0 Å². The number of hydrogen-bond acceptors (Lipinski definition) is 6. The van der Waals surface area contributed by atoms with Gasteiger partial charge in [0.15, 0.2) is 17.1 Å². The fourth-order valence-corrected chi connectivity index (χ4v) is 3.84. The number of para-hydroxylation sites is 3. The minimum absolute atomic E-state index is 0.0210. The number of nitrogens with zero attached hydrogens (tertiary/aromatic N) is 3. The molecular weight excluding hydrogens is 386 g/mol. The second-order valence-electron chi connectivity index (χ2n) is 7.37. The third-order valence-corrected chi connectivity index (χ3v) is 5.50. The summed E-state index contributed by atoms with van der Waals surface area (Å²) in [5, 5.41) is 4.89. The summed E-state index contributed by atoms with van der Waals surface area (Å²) in [5.74, 6) is 1.10. The Labute approximate surface area is 172 Å². The van der Waals surface area contributed by atoms with Crippen molar-refractivity contribution in [3.63, 3.8) is 0 Å². The lowest BCUT2D eigenvalue weighted by Gasteiger charge is -2.37. The molecule has 8 heteroatoms. The zero-order valence-corrected chi connectivity index (χ0v) is 16.3. The van der Waals surface area contributed by atoms with E-state index in [1.165, 1.54) is 0 Å². The number of rotatable bonds is 3. The van der Waals surface area contributed by atoms with Crippen LogP contribution >= 0.6 is 0 Å². The van der Waals surface area contributed by atoms with E-state index in [2.05, 4.69) is 5.16 Å². The first-order valence-corrected chi connectivity index (χ1v) is 9.97. The van der Waals surface area contributed by atoms with E-state index in [1.54, 1.807) is 15.9 Å². The Morgan fingerprint density at radius 1 is 0.933 bits per heavy atom. The average molecular weight is 407 g/mol. The molecule has 3 aromatic rings. The van der Waals surface area contributed by atoms with Crippen LogP contribution in [0.25, 0.3) is 11.0 Å². The number of benzene rings is 2. The second kappa shape index (κ2) is 7.70. The van der Waals surface area contributed by atoms with E-state index < -0.39 is 6.10 Å². The quantitative estimate of drug-likeness (QED) is 0.659. The normalized spacial score (nSPS) is 18.5. The molecule has 2 aliphatic heterocycles. The highest BCUT2D eigenvalue weighted by atomic mass is 16.6. The zero-order valence-electron chi connectivity index (χ0n) is 16.3. The molecule has 30 heavy (non-hydrogen) atoms. The van der Waals surface area contributed by atoms with Crippen molar-refractivity contribution in [1.82, 2.24) is 15.0 Å². The highest BCUT2D eigenvalue weighted by molar-refractivity contribution is 5.86. The van der Waals surface area contributed by atoms with Crippen LogP contribution in [0.1, 0.15) is 5.69 Å². The molecule has 1 fully saturated rings. The summed E-state index contributed by atoms with van der Waals surface area (Å²) in [6.07, 6.45) is -0.481. The molecule has 5 rings (SSSR count). The van der Waals surface area contributed by atoms with E-state index in [-0.39, 0.29) is 24.8 Å². The summed E-state index contributed by atoms with van der Waals surface area (Å²) >= 11 is 0. The fraction of sp³-hybridized carbons (Fsp3) is 0.318. The van der Waals surface area contributed by atoms with Crippen LogP contribution < -0.4 is 9.47 Å². The van der Waals surface area contributed by atoms with Crippen molar-refractivity contribution in [3.05, 3.63) is 54.2 Å². The van der Waals surface area contributed by atoms with Crippen molar-refractivity contribution >= 4 is 22.8 Å². The second-order valence-corrected chi connectivity index (χ2v) is 7.37. The largest absolute Gasteiger partial charge is 0.485 e. The van der Waals surface area contributed by atoms with E-state index in [9.17, 15) is 9.59 Å². The van der Waals surface area contributed by atoms with Crippen molar-refractivity contribution in [2.45, 2.75) is 12.5 Å². The Morgan fingerprint density at radius 3 is 2.47 bits per heavy atom. The van der Waals surface area contributed by atoms with Gasteiger partial charge in [0, 0.05) is 31.6 Å². The lowest BCUT2D eigenvalue weighted by molar-refractivity contribution is -0.146. The van der Waals surface area contributed by atoms with Gasteiger partial charge in [-0.1, -0.05) is 29.4 Å². The van der Waals surface area contributed by atoms with Crippen molar-refractivity contribution in [2.75, 3.05) is 32.8 Å². The number of amides is 2. The van der Waals surface area contributed by atoms with Gasteiger partial charge in [-0.25, -0.2) is 0 Å². The first kappa shape index (κ1) is 18.5. The highest BCUT2D eigenvalue weighted by Crippen LogP contribution is 2.31. The maximum atomic E-state index is 12.8. The fourth-order valence-electron chi connectivity index (χ4n) is 3.84. The standard InChI is InChI=1S/C22H21N3O5/c26-21(13-16-15-5-1-2-6-17(15)30-23-16)24-9-11-25(12-10-24)22(27)20-14-28-18-7-3-4-8-19(18)29-20/h1-8,20H,9-14H2/t20-/m0/s1. The molecule has 0 N–H and O–H groups in total. The van der Waals surface area contributed by atoms with Crippen LogP contribution in [0.2, 0.25) is 0 Å². The number of aromatic nitrogens is 1. The van der Waals surface area contributed by atoms with Crippen LogP contribution in [-0.2, 0) is 16.0 Å². The average Bonchev–Trinajstić information content (AvgIpc) is 3.21. The Kier molecular flexibility index (Phi) is 4.74. The Hall–Kier alpha value is -3.55. The molecule has 1 atom stereocenters. The third kappa shape index (κ3) is 3.45. The first-order chi connectivity index (χ1) is 14.7. The molecular formula is C22H21N3O5. The molecule has 0 spiro atoms. The van der Waals surface area contributed by atoms with Crippen molar-refractivity contribution < 1.29 is 23.6 Å². The predicted octanol–water partition coefficient (Wildman–Crippen LogP) is 1.88. The molecule has 8 nitrogen and oxygen atoms in total. The van der Waals surface area contributed by atoms with Crippen LogP contribution in [0, 0.1) is 0 Å². The number of carbonyl (C=O) groups is 2. The van der Waals surface area contributed by atoms with E-state index in [1.807, 2.05) is 42.5 Å². The predicted molar refractivity (Wildman–Crippen MR) is 107 cm³/mol. The molecule has 2 amide bonds. The summed E-state index contributed by atoms with van der Waals surface area (Å²) in [6, 6.07) is 14.8. The van der Waals surface area contributed by atoms with Gasteiger partial charge in [-0.2, -0.15) is 0 Å². The summed E-state index contributed by atoms with van der Waals surface area (Å²) < 4.78 is 16.7. The maximum absolute atomic E-state index is 12.8. The molecule has 1 saturated heterocycles. The van der Waals surface area contributed by atoms with Crippen LogP contribution in [-0.4, -0.2) is 65.7 Å². The Bertz CT molecular complexity index is 1090. The molecule has 3 heterocycles. The van der Waals surface area contributed by atoms with Gasteiger partial charge < -0.3 is 23.8 Å². The Morgan fingerprint density at radius 2 is 1.63 bits per heavy atom. The number of piperazine rings is 1. The first-order valence-electron chi connectivity index (χ1n) is 9.97. The molecule has 1 aromatic heterocycles. The molecule has 0 bridgehead atoms. The minimum atomic E-state index is -0.663. The lowest BCUT2D eigenvalue weighted by atomic mass is 10.1. The minimum Gasteiger partial charge on any atom is -0.485 e. The van der Waals surface area contributed by atoms with Crippen molar-refractivity contribution in [3.8, 4) is 11.5 Å². The monoisotopic (exact) mass is 407 g/mol. The van der Waals surface area contributed by atoms with Crippen LogP contribution in [0.5, 0.6) is 11.5 Å². The topological polar surface area (TPSA) is 85.1 Å². The van der Waals surface area contributed by atoms with Gasteiger partial charge in [-0.3, -0.25) is 9.59 Å². The van der Waals surface area contributed by atoms with Gasteiger partial charge in [0.25, 0.3) is 5.91 Å². The lowest BCUT2D eigenvalue weighted by Crippen LogP contribution is -2.55. The van der Waals surface area contributed by atoms with Gasteiger partial charge >= 0.3 is 0 Å². The number of hydrogen-bond donors (Lipinski definition) is 0. The van der Waals surface area contributed by atoms with Gasteiger partial charge in [0.2, 0.25) is 12.0 Å². The number of carbonyl (C=O) groups excluding carboxylic acids is 2.